The van der Waals surface area contributed by atoms with E-state index in [1.807, 2.05) is 29.1 Å². The van der Waals surface area contributed by atoms with E-state index in [1.165, 1.54) is 25.0 Å². The van der Waals surface area contributed by atoms with Crippen LogP contribution < -0.4 is 11.1 Å². The molecule has 0 atom stereocenters. The lowest BCUT2D eigenvalue weighted by molar-refractivity contribution is 0.401. The minimum atomic E-state index is 0.259. The van der Waals surface area contributed by atoms with Gasteiger partial charge < -0.3 is 16.2 Å². The van der Waals surface area contributed by atoms with E-state index in [0.29, 0.717) is 12.5 Å². The predicted octanol–water partition coefficient (Wildman–Crippen LogP) is 2.61. The Kier molecular flexibility index (Phi) is 4.10. The number of rotatable bonds is 6. The molecule has 1 heterocycles. The molecule has 5 heteroatoms. The quantitative estimate of drug-likeness (QED) is 0.713. The molecule has 1 aromatic carbocycles. The van der Waals surface area contributed by atoms with Crippen LogP contribution in [0, 0.1) is 0 Å². The van der Waals surface area contributed by atoms with Crippen molar-refractivity contribution in [3.63, 3.8) is 0 Å². The highest BCUT2D eigenvalue weighted by Gasteiger charge is 2.27. The summed E-state index contributed by atoms with van der Waals surface area (Å²) in [5.74, 6) is 0.780. The van der Waals surface area contributed by atoms with Crippen LogP contribution in [0.25, 0.3) is 5.69 Å². The molecule has 0 radical (unpaired) electrons. The highest BCUT2D eigenvalue weighted by atomic mass is 16.3. The van der Waals surface area contributed by atoms with Gasteiger partial charge in [0.25, 0.3) is 0 Å². The molecular formula is C16H22N4O. The number of nitrogens with zero attached hydrogens (tertiary/aromatic N) is 2. The summed E-state index contributed by atoms with van der Waals surface area (Å²) in [6.07, 6.45) is 6.43. The number of nitrogens with two attached hydrogens (primary N) is 1. The van der Waals surface area contributed by atoms with Crippen molar-refractivity contribution < 1.29 is 5.11 Å². The van der Waals surface area contributed by atoms with Crippen molar-refractivity contribution >= 4 is 5.69 Å². The van der Waals surface area contributed by atoms with Gasteiger partial charge in [-0.25, -0.2) is 4.68 Å². The number of aromatic hydroxyl groups is 1. The first-order chi connectivity index (χ1) is 10.3. The lowest BCUT2D eigenvalue weighted by Gasteiger charge is -2.27. The number of hydrogen-bond acceptors (Lipinski definition) is 4. The van der Waals surface area contributed by atoms with Crippen LogP contribution in [0.5, 0.6) is 5.75 Å². The largest absolute Gasteiger partial charge is 0.506 e. The van der Waals surface area contributed by atoms with E-state index in [1.54, 1.807) is 6.07 Å². The summed E-state index contributed by atoms with van der Waals surface area (Å²) in [6, 6.07) is 7.34. The number of phenolic OH excluding ortho intramolecular Hbond substituents is 1. The average Bonchev–Trinajstić information content (AvgIpc) is 2.82. The first-order valence-electron chi connectivity index (χ1n) is 7.61. The molecule has 21 heavy (non-hydrogen) atoms. The molecule has 0 amide bonds. The highest BCUT2D eigenvalue weighted by molar-refractivity contribution is 5.55. The Bertz CT molecular complexity index is 604. The Morgan fingerprint density at radius 2 is 2.14 bits per heavy atom. The fourth-order valence-corrected chi connectivity index (χ4v) is 2.73. The summed E-state index contributed by atoms with van der Waals surface area (Å²) in [5.41, 5.74) is 8.54. The van der Waals surface area contributed by atoms with Gasteiger partial charge in [-0.05, 0) is 37.9 Å². The van der Waals surface area contributed by atoms with Crippen LogP contribution in [0.2, 0.25) is 0 Å². The standard InChI is InChI=1S/C16H22N4O/c17-9-4-10-18-13-11-19-20(16(13)12-5-3-6-12)14-7-1-2-8-15(14)21/h1-2,7-8,11-12,18,21H,3-6,9-10,17H2. The monoisotopic (exact) mass is 286 g/mol. The van der Waals surface area contributed by atoms with Gasteiger partial charge in [-0.3, -0.25) is 0 Å². The smallest absolute Gasteiger partial charge is 0.141 e. The molecule has 0 spiro atoms. The first kappa shape index (κ1) is 13.9. The molecule has 0 bridgehead atoms. The molecule has 1 saturated carbocycles. The van der Waals surface area contributed by atoms with E-state index in [4.69, 9.17) is 5.73 Å². The summed E-state index contributed by atoms with van der Waals surface area (Å²) >= 11 is 0. The van der Waals surface area contributed by atoms with Crippen molar-refractivity contribution in [3.05, 3.63) is 36.2 Å². The molecule has 3 rings (SSSR count). The van der Waals surface area contributed by atoms with Gasteiger partial charge in [0.1, 0.15) is 11.4 Å². The summed E-state index contributed by atoms with van der Waals surface area (Å²) in [5, 5.41) is 18.0. The van der Waals surface area contributed by atoms with Gasteiger partial charge in [-0.1, -0.05) is 18.6 Å². The van der Waals surface area contributed by atoms with Gasteiger partial charge in [0.05, 0.1) is 17.6 Å². The number of anilines is 1. The summed E-state index contributed by atoms with van der Waals surface area (Å²) in [6.45, 7) is 1.53. The van der Waals surface area contributed by atoms with Crippen LogP contribution in [0.15, 0.2) is 30.5 Å². The fourth-order valence-electron chi connectivity index (χ4n) is 2.73. The number of phenols is 1. The van der Waals surface area contributed by atoms with Gasteiger partial charge in [0.2, 0.25) is 0 Å². The normalized spacial score (nSPS) is 14.9. The van der Waals surface area contributed by atoms with Crippen LogP contribution in [0.3, 0.4) is 0 Å². The number of para-hydroxylation sites is 2. The number of nitrogens with one attached hydrogen (secondary N) is 1. The third-order valence-corrected chi connectivity index (χ3v) is 4.10. The van der Waals surface area contributed by atoms with Gasteiger partial charge in [-0.2, -0.15) is 5.10 Å². The van der Waals surface area contributed by atoms with E-state index in [9.17, 15) is 5.11 Å². The molecule has 5 nitrogen and oxygen atoms in total. The second-order valence-electron chi connectivity index (χ2n) is 5.54. The molecule has 0 aliphatic heterocycles. The second-order valence-corrected chi connectivity index (χ2v) is 5.54. The molecular weight excluding hydrogens is 264 g/mol. The SMILES string of the molecule is NCCCNc1cnn(-c2ccccc2O)c1C1CCC1. The van der Waals surface area contributed by atoms with Crippen molar-refractivity contribution in [2.75, 3.05) is 18.4 Å². The molecule has 1 fully saturated rings. The van der Waals surface area contributed by atoms with Gasteiger partial charge in [-0.15, -0.1) is 0 Å². The van der Waals surface area contributed by atoms with Crippen molar-refractivity contribution in [1.82, 2.24) is 9.78 Å². The van der Waals surface area contributed by atoms with E-state index in [2.05, 4.69) is 10.4 Å². The first-order valence-corrected chi connectivity index (χ1v) is 7.61. The zero-order chi connectivity index (χ0) is 14.7. The van der Waals surface area contributed by atoms with Crippen LogP contribution in [0.1, 0.15) is 37.3 Å². The Morgan fingerprint density at radius 1 is 1.33 bits per heavy atom. The summed E-state index contributed by atoms with van der Waals surface area (Å²) in [4.78, 5) is 0. The molecule has 0 unspecified atom stereocenters. The van der Waals surface area contributed by atoms with Crippen molar-refractivity contribution in [3.8, 4) is 11.4 Å². The second kappa shape index (κ2) is 6.18. The highest BCUT2D eigenvalue weighted by Crippen LogP contribution is 2.41. The topological polar surface area (TPSA) is 76.1 Å². The molecule has 4 N–H and O–H groups in total. The lowest BCUT2D eigenvalue weighted by Crippen LogP contribution is -2.17. The summed E-state index contributed by atoms with van der Waals surface area (Å²) < 4.78 is 1.88. The minimum absolute atomic E-state index is 0.259. The maximum Gasteiger partial charge on any atom is 0.141 e. The third kappa shape index (κ3) is 2.74. The molecule has 1 aliphatic rings. The minimum Gasteiger partial charge on any atom is -0.506 e. The van der Waals surface area contributed by atoms with Crippen molar-refractivity contribution in [1.29, 1.82) is 0 Å². The molecule has 1 aliphatic carbocycles. The fraction of sp³-hybridized carbons (Fsp3) is 0.438. The zero-order valence-corrected chi connectivity index (χ0v) is 12.1. The van der Waals surface area contributed by atoms with Crippen molar-refractivity contribution in [2.24, 2.45) is 5.73 Å². The van der Waals surface area contributed by atoms with Crippen LogP contribution in [-0.4, -0.2) is 28.0 Å². The maximum absolute atomic E-state index is 10.1. The predicted molar refractivity (Wildman–Crippen MR) is 84.0 cm³/mol. The number of aromatic nitrogens is 2. The average molecular weight is 286 g/mol. The van der Waals surface area contributed by atoms with Crippen LogP contribution in [0.4, 0.5) is 5.69 Å². The Labute approximate surface area is 124 Å². The summed E-state index contributed by atoms with van der Waals surface area (Å²) in [7, 11) is 0. The van der Waals surface area contributed by atoms with Crippen LogP contribution >= 0.6 is 0 Å². The number of hydrogen-bond donors (Lipinski definition) is 3. The van der Waals surface area contributed by atoms with E-state index < -0.39 is 0 Å². The van der Waals surface area contributed by atoms with Gasteiger partial charge in [0.15, 0.2) is 0 Å². The van der Waals surface area contributed by atoms with E-state index in [0.717, 1.165) is 24.3 Å². The number of benzene rings is 1. The third-order valence-electron chi connectivity index (χ3n) is 4.10. The Balaban J connectivity index is 1.94. The van der Waals surface area contributed by atoms with Gasteiger partial charge >= 0.3 is 0 Å². The molecule has 0 saturated heterocycles. The Morgan fingerprint density at radius 3 is 2.81 bits per heavy atom. The van der Waals surface area contributed by atoms with E-state index >= 15 is 0 Å². The molecule has 2 aromatic rings. The lowest BCUT2D eigenvalue weighted by atomic mass is 9.82. The van der Waals surface area contributed by atoms with Crippen LogP contribution in [-0.2, 0) is 0 Å². The van der Waals surface area contributed by atoms with E-state index in [-0.39, 0.29) is 5.75 Å². The maximum atomic E-state index is 10.1. The van der Waals surface area contributed by atoms with Crippen molar-refractivity contribution in [2.45, 2.75) is 31.6 Å². The zero-order valence-electron chi connectivity index (χ0n) is 12.1. The molecule has 112 valence electrons. The van der Waals surface area contributed by atoms with Gasteiger partial charge in [0, 0.05) is 12.5 Å². The molecule has 1 aromatic heterocycles. The Hall–Kier alpha value is -2.01.